The lowest BCUT2D eigenvalue weighted by Crippen LogP contribution is -2.41. The summed E-state index contributed by atoms with van der Waals surface area (Å²) in [7, 11) is 3.05. The minimum Gasteiger partial charge on any atom is -0.497 e. The SMILES string of the molecule is CCCC1=C(C(=O)OCC)[C@H](c2cc(OC)ccc2OC)n2c(s/c(=C3/C(=O)Nc4ccc(Cl)cc43)c2=O)=N1. The van der Waals surface area contributed by atoms with E-state index in [9.17, 15) is 14.4 Å². The summed E-state index contributed by atoms with van der Waals surface area (Å²) in [6.45, 7) is 3.85. The molecule has 3 aromatic rings. The molecule has 202 valence electrons. The van der Waals surface area contributed by atoms with Crippen LogP contribution in [-0.2, 0) is 14.3 Å². The predicted molar refractivity (Wildman–Crippen MR) is 148 cm³/mol. The number of methoxy groups -OCH3 is 2. The van der Waals surface area contributed by atoms with Crippen LogP contribution >= 0.6 is 22.9 Å². The molecule has 2 aromatic carbocycles. The molecule has 5 rings (SSSR count). The van der Waals surface area contributed by atoms with Gasteiger partial charge >= 0.3 is 5.97 Å². The van der Waals surface area contributed by atoms with Crippen molar-refractivity contribution in [2.45, 2.75) is 32.7 Å². The molecule has 0 radical (unpaired) electrons. The molecule has 11 heteroatoms. The number of amides is 1. The van der Waals surface area contributed by atoms with Crippen LogP contribution in [0.15, 0.2) is 57.5 Å². The van der Waals surface area contributed by atoms with E-state index < -0.39 is 23.5 Å². The minimum atomic E-state index is -0.926. The third kappa shape index (κ3) is 4.53. The summed E-state index contributed by atoms with van der Waals surface area (Å²) in [5, 5.41) is 3.24. The van der Waals surface area contributed by atoms with E-state index in [1.54, 1.807) is 43.3 Å². The van der Waals surface area contributed by atoms with Crippen LogP contribution in [-0.4, -0.2) is 37.3 Å². The van der Waals surface area contributed by atoms with Crippen molar-refractivity contribution in [3.8, 4) is 11.5 Å². The molecule has 39 heavy (non-hydrogen) atoms. The molecule has 1 atom stereocenters. The Labute approximate surface area is 233 Å². The predicted octanol–water partition coefficient (Wildman–Crippen LogP) is 3.57. The molecular formula is C28H26ClN3O6S. The quantitative estimate of drug-likeness (QED) is 0.437. The number of carbonyl (C=O) groups excluding carboxylic acids is 2. The van der Waals surface area contributed by atoms with Gasteiger partial charge in [-0.2, -0.15) is 0 Å². The van der Waals surface area contributed by atoms with E-state index in [-0.39, 0.29) is 22.3 Å². The topological polar surface area (TPSA) is 108 Å². The van der Waals surface area contributed by atoms with Gasteiger partial charge in [0.15, 0.2) is 4.80 Å². The number of esters is 1. The second-order valence-electron chi connectivity index (χ2n) is 8.86. The fraction of sp³-hybridized carbons (Fsp3) is 0.286. The third-order valence-corrected chi connectivity index (χ3v) is 7.84. The Morgan fingerprint density at radius 2 is 1.92 bits per heavy atom. The van der Waals surface area contributed by atoms with Crippen molar-refractivity contribution >= 4 is 46.1 Å². The number of allylic oxidation sites excluding steroid dienone is 1. The average Bonchev–Trinajstić information content (AvgIpc) is 3.42. The molecule has 0 spiro atoms. The van der Waals surface area contributed by atoms with E-state index in [4.69, 9.17) is 30.8 Å². The Kier molecular flexibility index (Phi) is 7.33. The fourth-order valence-corrected chi connectivity index (χ4v) is 6.17. The summed E-state index contributed by atoms with van der Waals surface area (Å²) in [5.74, 6) is -0.0132. The van der Waals surface area contributed by atoms with Crippen molar-refractivity contribution in [1.82, 2.24) is 4.57 Å². The number of thiazole rings is 1. The van der Waals surface area contributed by atoms with Crippen LogP contribution in [0.2, 0.25) is 5.02 Å². The molecule has 0 unspecified atom stereocenters. The zero-order chi connectivity index (χ0) is 27.8. The van der Waals surface area contributed by atoms with Crippen molar-refractivity contribution in [2.75, 3.05) is 26.1 Å². The van der Waals surface area contributed by atoms with Crippen molar-refractivity contribution < 1.29 is 23.8 Å². The van der Waals surface area contributed by atoms with Crippen molar-refractivity contribution in [3.63, 3.8) is 0 Å². The highest BCUT2D eigenvalue weighted by Crippen LogP contribution is 2.39. The second-order valence-corrected chi connectivity index (χ2v) is 10.3. The first kappa shape index (κ1) is 26.7. The summed E-state index contributed by atoms with van der Waals surface area (Å²) in [4.78, 5) is 45.9. The summed E-state index contributed by atoms with van der Waals surface area (Å²) in [6.07, 6.45) is 1.19. The molecule has 1 aromatic heterocycles. The van der Waals surface area contributed by atoms with Gasteiger partial charge in [0, 0.05) is 21.8 Å². The summed E-state index contributed by atoms with van der Waals surface area (Å²) < 4.78 is 18.2. The van der Waals surface area contributed by atoms with Crippen molar-refractivity contribution in [2.24, 2.45) is 4.99 Å². The first-order chi connectivity index (χ1) is 18.8. The van der Waals surface area contributed by atoms with Gasteiger partial charge in [-0.1, -0.05) is 36.3 Å². The van der Waals surface area contributed by atoms with Gasteiger partial charge in [0.2, 0.25) is 0 Å². The molecule has 1 N–H and O–H groups in total. The van der Waals surface area contributed by atoms with Gasteiger partial charge in [0.25, 0.3) is 11.5 Å². The van der Waals surface area contributed by atoms with Crippen LogP contribution in [0.25, 0.3) is 5.57 Å². The molecule has 0 saturated heterocycles. The van der Waals surface area contributed by atoms with Crippen LogP contribution in [0.4, 0.5) is 5.69 Å². The van der Waals surface area contributed by atoms with E-state index in [1.807, 2.05) is 6.92 Å². The molecule has 0 aliphatic carbocycles. The van der Waals surface area contributed by atoms with Crippen LogP contribution in [0.5, 0.6) is 11.5 Å². The number of aromatic nitrogens is 1. The Balaban J connectivity index is 1.89. The molecule has 2 aliphatic heterocycles. The lowest BCUT2D eigenvalue weighted by Gasteiger charge is -2.27. The van der Waals surface area contributed by atoms with Crippen molar-refractivity contribution in [1.29, 1.82) is 0 Å². The van der Waals surface area contributed by atoms with Crippen LogP contribution in [0.3, 0.4) is 0 Å². The maximum atomic E-state index is 14.2. The number of halogens is 1. The highest BCUT2D eigenvalue weighted by molar-refractivity contribution is 7.07. The van der Waals surface area contributed by atoms with E-state index in [0.29, 0.717) is 56.7 Å². The van der Waals surface area contributed by atoms with Crippen LogP contribution in [0.1, 0.15) is 43.9 Å². The number of rotatable bonds is 7. The molecule has 0 fully saturated rings. The second kappa shape index (κ2) is 10.7. The molecule has 2 aliphatic rings. The number of ether oxygens (including phenoxy) is 3. The number of benzene rings is 2. The number of fused-ring (bicyclic) bond motifs is 2. The van der Waals surface area contributed by atoms with Crippen molar-refractivity contribution in [3.05, 3.63) is 83.5 Å². The van der Waals surface area contributed by atoms with Gasteiger partial charge in [0.05, 0.1) is 37.7 Å². The molecule has 1 amide bonds. The van der Waals surface area contributed by atoms with Gasteiger partial charge in [-0.25, -0.2) is 9.79 Å². The number of nitrogens with one attached hydrogen (secondary N) is 1. The Hall–Kier alpha value is -3.89. The maximum absolute atomic E-state index is 14.2. The van der Waals surface area contributed by atoms with Gasteiger partial charge < -0.3 is 19.5 Å². The standard InChI is InChI=1S/C28H26ClN3O6S/c1-5-7-19-22(27(35)38-6-2)23(17-13-15(36-3)9-11-20(17)37-4)32-26(34)24(39-28(32)31-19)21-16-12-14(29)8-10-18(16)30-25(21)33/h8-13,23H,5-7H2,1-4H3,(H,30,33)/b24-21+/t23-/m0/s1. The molecule has 0 saturated carbocycles. The van der Waals surface area contributed by atoms with Gasteiger partial charge in [-0.3, -0.25) is 14.2 Å². The summed E-state index contributed by atoms with van der Waals surface area (Å²) in [5.41, 5.74) is 2.13. The Bertz CT molecular complexity index is 1720. The average molecular weight is 568 g/mol. The summed E-state index contributed by atoms with van der Waals surface area (Å²) >= 11 is 7.33. The zero-order valence-corrected chi connectivity index (χ0v) is 23.4. The highest BCUT2D eigenvalue weighted by Gasteiger charge is 2.37. The first-order valence-electron chi connectivity index (χ1n) is 12.4. The monoisotopic (exact) mass is 567 g/mol. The van der Waals surface area contributed by atoms with Crippen LogP contribution in [0, 0.1) is 0 Å². The van der Waals surface area contributed by atoms with E-state index in [2.05, 4.69) is 5.32 Å². The lowest BCUT2D eigenvalue weighted by atomic mass is 9.93. The number of anilines is 1. The Morgan fingerprint density at radius 1 is 1.13 bits per heavy atom. The molecule has 9 nitrogen and oxygen atoms in total. The third-order valence-electron chi connectivity index (χ3n) is 6.55. The number of hydrogen-bond donors (Lipinski definition) is 1. The largest absolute Gasteiger partial charge is 0.497 e. The van der Waals surface area contributed by atoms with Gasteiger partial charge in [0.1, 0.15) is 22.1 Å². The number of carbonyl (C=O) groups is 2. The normalized spacial score (nSPS) is 17.3. The minimum absolute atomic E-state index is 0.149. The lowest BCUT2D eigenvalue weighted by molar-refractivity contribution is -0.139. The molecule has 3 heterocycles. The van der Waals surface area contributed by atoms with E-state index in [1.165, 1.54) is 18.8 Å². The van der Waals surface area contributed by atoms with Gasteiger partial charge in [-0.05, 0) is 49.7 Å². The van der Waals surface area contributed by atoms with E-state index >= 15 is 0 Å². The zero-order valence-electron chi connectivity index (χ0n) is 21.8. The van der Waals surface area contributed by atoms with E-state index in [0.717, 1.165) is 11.3 Å². The summed E-state index contributed by atoms with van der Waals surface area (Å²) in [6, 6.07) is 9.28. The number of nitrogens with zero attached hydrogens (tertiary/aromatic N) is 2. The maximum Gasteiger partial charge on any atom is 0.338 e. The Morgan fingerprint density at radius 3 is 2.62 bits per heavy atom. The smallest absolute Gasteiger partial charge is 0.338 e. The van der Waals surface area contributed by atoms with Crippen LogP contribution < -0.4 is 29.7 Å². The highest BCUT2D eigenvalue weighted by atomic mass is 35.5. The molecule has 0 bridgehead atoms. The fourth-order valence-electron chi connectivity index (χ4n) is 4.88. The number of hydrogen-bond acceptors (Lipinski definition) is 8. The molecular weight excluding hydrogens is 542 g/mol. The van der Waals surface area contributed by atoms with Gasteiger partial charge in [-0.15, -0.1) is 0 Å². The first-order valence-corrected chi connectivity index (χ1v) is 13.6.